The summed E-state index contributed by atoms with van der Waals surface area (Å²) in [4.78, 5) is 10.5. The molecule has 0 spiro atoms. The number of para-hydroxylation sites is 2. The van der Waals surface area contributed by atoms with Crippen molar-refractivity contribution in [3.63, 3.8) is 0 Å². The second-order valence-corrected chi connectivity index (χ2v) is 6.03. The van der Waals surface area contributed by atoms with Gasteiger partial charge in [-0.25, -0.2) is 4.79 Å². The Morgan fingerprint density at radius 1 is 1.05 bits per heavy atom. The maximum absolute atomic E-state index is 12.2. The molecule has 0 fully saturated rings. The number of hydrogen-bond donors (Lipinski definition) is 1. The SMILES string of the molecule is Cc1ccc(S(=O)(=O)Oc2ccccc2OCC(=O)O)cc1. The van der Waals surface area contributed by atoms with Gasteiger partial charge in [-0.3, -0.25) is 0 Å². The molecule has 116 valence electrons. The minimum absolute atomic E-state index is 0.00568. The lowest BCUT2D eigenvalue weighted by Gasteiger charge is -2.11. The summed E-state index contributed by atoms with van der Waals surface area (Å²) in [5, 5.41) is 8.62. The van der Waals surface area contributed by atoms with Gasteiger partial charge in [0, 0.05) is 0 Å². The van der Waals surface area contributed by atoms with E-state index in [0.29, 0.717) is 0 Å². The average molecular weight is 322 g/mol. The van der Waals surface area contributed by atoms with Crippen molar-refractivity contribution in [2.75, 3.05) is 6.61 Å². The number of hydrogen-bond acceptors (Lipinski definition) is 5. The molecule has 2 rings (SSSR count). The zero-order valence-corrected chi connectivity index (χ0v) is 12.5. The fourth-order valence-corrected chi connectivity index (χ4v) is 2.59. The van der Waals surface area contributed by atoms with Gasteiger partial charge in [0.1, 0.15) is 4.90 Å². The largest absolute Gasteiger partial charge is 0.479 e. The Balaban J connectivity index is 2.26. The van der Waals surface area contributed by atoms with Crippen LogP contribution in [-0.4, -0.2) is 26.1 Å². The third-order valence-electron chi connectivity index (χ3n) is 2.71. The molecule has 0 bridgehead atoms. The van der Waals surface area contributed by atoms with Crippen LogP contribution >= 0.6 is 0 Å². The zero-order valence-electron chi connectivity index (χ0n) is 11.7. The topological polar surface area (TPSA) is 89.9 Å². The van der Waals surface area contributed by atoms with Crippen LogP contribution in [0.1, 0.15) is 5.56 Å². The van der Waals surface area contributed by atoms with Crippen LogP contribution < -0.4 is 8.92 Å². The lowest BCUT2D eigenvalue weighted by molar-refractivity contribution is -0.139. The molecule has 7 heteroatoms. The molecule has 0 saturated carbocycles. The van der Waals surface area contributed by atoms with E-state index in [1.165, 1.54) is 24.3 Å². The molecule has 0 aliphatic rings. The first-order chi connectivity index (χ1) is 10.4. The number of benzene rings is 2. The molecular weight excluding hydrogens is 308 g/mol. The summed E-state index contributed by atoms with van der Waals surface area (Å²) in [6.07, 6.45) is 0. The highest BCUT2D eigenvalue weighted by Gasteiger charge is 2.19. The molecule has 0 aromatic heterocycles. The number of carbonyl (C=O) groups is 1. The zero-order chi connectivity index (χ0) is 16.2. The number of carboxylic acids is 1. The van der Waals surface area contributed by atoms with E-state index < -0.39 is 22.7 Å². The molecule has 6 nitrogen and oxygen atoms in total. The minimum atomic E-state index is -4.02. The number of ether oxygens (including phenoxy) is 1. The van der Waals surface area contributed by atoms with Crippen LogP contribution in [0.5, 0.6) is 11.5 Å². The molecule has 0 atom stereocenters. The van der Waals surface area contributed by atoms with Crippen molar-refractivity contribution in [2.24, 2.45) is 0 Å². The Morgan fingerprint density at radius 3 is 2.23 bits per heavy atom. The van der Waals surface area contributed by atoms with Crippen molar-refractivity contribution >= 4 is 16.1 Å². The second-order valence-electron chi connectivity index (χ2n) is 4.48. The summed E-state index contributed by atoms with van der Waals surface area (Å²) in [5.41, 5.74) is 0.921. The Hall–Kier alpha value is -2.54. The van der Waals surface area contributed by atoms with Gasteiger partial charge in [-0.05, 0) is 31.2 Å². The van der Waals surface area contributed by atoms with Gasteiger partial charge in [0.25, 0.3) is 0 Å². The van der Waals surface area contributed by atoms with Crippen molar-refractivity contribution < 1.29 is 27.2 Å². The maximum atomic E-state index is 12.2. The molecule has 0 radical (unpaired) electrons. The smallest absolute Gasteiger partial charge is 0.341 e. The van der Waals surface area contributed by atoms with Crippen molar-refractivity contribution in [2.45, 2.75) is 11.8 Å². The number of rotatable bonds is 6. The standard InChI is InChI=1S/C15H14O6S/c1-11-6-8-12(9-7-11)22(18,19)21-14-5-3-2-4-13(14)20-10-15(16)17/h2-9H,10H2,1H3,(H,16,17). The predicted molar refractivity (Wildman–Crippen MR) is 78.6 cm³/mol. The molecule has 0 heterocycles. The summed E-state index contributed by atoms with van der Waals surface area (Å²) in [5.74, 6) is -1.19. The van der Waals surface area contributed by atoms with Gasteiger partial charge in [0.2, 0.25) is 0 Å². The van der Waals surface area contributed by atoms with E-state index >= 15 is 0 Å². The van der Waals surface area contributed by atoms with Gasteiger partial charge in [-0.1, -0.05) is 29.8 Å². The van der Waals surface area contributed by atoms with E-state index in [1.54, 1.807) is 24.3 Å². The Kier molecular flexibility index (Phi) is 4.67. The average Bonchev–Trinajstić information content (AvgIpc) is 2.46. The van der Waals surface area contributed by atoms with Crippen LogP contribution in [0.2, 0.25) is 0 Å². The molecule has 0 aliphatic heterocycles. The first kappa shape index (κ1) is 15.8. The van der Waals surface area contributed by atoms with Crippen LogP contribution in [0, 0.1) is 6.92 Å². The Bertz CT molecular complexity index is 765. The third kappa shape index (κ3) is 3.98. The van der Waals surface area contributed by atoms with E-state index in [9.17, 15) is 13.2 Å². The van der Waals surface area contributed by atoms with Crippen LogP contribution in [0.25, 0.3) is 0 Å². The molecule has 0 aliphatic carbocycles. The maximum Gasteiger partial charge on any atom is 0.341 e. The van der Waals surface area contributed by atoms with Crippen molar-refractivity contribution in [3.8, 4) is 11.5 Å². The van der Waals surface area contributed by atoms with E-state index in [1.807, 2.05) is 6.92 Å². The third-order valence-corrected chi connectivity index (χ3v) is 3.96. The van der Waals surface area contributed by atoms with Crippen LogP contribution in [0.15, 0.2) is 53.4 Å². The van der Waals surface area contributed by atoms with Gasteiger partial charge in [-0.2, -0.15) is 8.42 Å². The van der Waals surface area contributed by atoms with Crippen LogP contribution in [-0.2, 0) is 14.9 Å². The fraction of sp³-hybridized carbons (Fsp3) is 0.133. The summed E-state index contributed by atoms with van der Waals surface area (Å²) >= 11 is 0. The van der Waals surface area contributed by atoms with Gasteiger partial charge >= 0.3 is 16.1 Å². The van der Waals surface area contributed by atoms with Crippen LogP contribution in [0.3, 0.4) is 0 Å². The van der Waals surface area contributed by atoms with E-state index in [-0.39, 0.29) is 16.4 Å². The number of aryl methyl sites for hydroxylation is 1. The first-order valence-corrected chi connectivity index (χ1v) is 7.74. The molecular formula is C15H14O6S. The lowest BCUT2D eigenvalue weighted by Crippen LogP contribution is -2.13. The second kappa shape index (κ2) is 6.48. The highest BCUT2D eigenvalue weighted by molar-refractivity contribution is 7.87. The summed E-state index contributed by atoms with van der Waals surface area (Å²) in [6.45, 7) is 1.25. The molecule has 2 aromatic rings. The van der Waals surface area contributed by atoms with Gasteiger partial charge in [0.15, 0.2) is 18.1 Å². The minimum Gasteiger partial charge on any atom is -0.479 e. The summed E-state index contributed by atoms with van der Waals surface area (Å²) in [6, 6.07) is 12.2. The highest BCUT2D eigenvalue weighted by Crippen LogP contribution is 2.29. The summed E-state index contributed by atoms with van der Waals surface area (Å²) < 4.78 is 34.5. The van der Waals surface area contributed by atoms with Gasteiger partial charge < -0.3 is 14.0 Å². The normalized spacial score (nSPS) is 11.0. The van der Waals surface area contributed by atoms with Crippen LogP contribution in [0.4, 0.5) is 0 Å². The monoisotopic (exact) mass is 322 g/mol. The lowest BCUT2D eigenvalue weighted by atomic mass is 10.2. The summed E-state index contributed by atoms with van der Waals surface area (Å²) in [7, 11) is -4.02. The highest BCUT2D eigenvalue weighted by atomic mass is 32.2. The number of carboxylic acid groups (broad SMARTS) is 1. The van der Waals surface area contributed by atoms with E-state index in [4.69, 9.17) is 14.0 Å². The molecule has 2 aromatic carbocycles. The Morgan fingerprint density at radius 2 is 1.64 bits per heavy atom. The fourth-order valence-electron chi connectivity index (χ4n) is 1.65. The predicted octanol–water partition coefficient (Wildman–Crippen LogP) is 2.23. The first-order valence-electron chi connectivity index (χ1n) is 6.33. The van der Waals surface area contributed by atoms with Crippen molar-refractivity contribution in [1.29, 1.82) is 0 Å². The van der Waals surface area contributed by atoms with E-state index in [2.05, 4.69) is 0 Å². The molecule has 22 heavy (non-hydrogen) atoms. The van der Waals surface area contributed by atoms with Crippen molar-refractivity contribution in [1.82, 2.24) is 0 Å². The number of aliphatic carboxylic acids is 1. The van der Waals surface area contributed by atoms with Crippen molar-refractivity contribution in [3.05, 3.63) is 54.1 Å². The quantitative estimate of drug-likeness (QED) is 0.820. The van der Waals surface area contributed by atoms with E-state index in [0.717, 1.165) is 5.56 Å². The molecule has 0 saturated heterocycles. The molecule has 0 unspecified atom stereocenters. The van der Waals surface area contributed by atoms with Gasteiger partial charge in [0.05, 0.1) is 0 Å². The Labute approximate surface area is 128 Å². The van der Waals surface area contributed by atoms with Gasteiger partial charge in [-0.15, -0.1) is 0 Å². The molecule has 1 N–H and O–H groups in total. The molecule has 0 amide bonds.